The summed E-state index contributed by atoms with van der Waals surface area (Å²) < 4.78 is 26.8. The molecule has 0 fully saturated rings. The Morgan fingerprint density at radius 3 is 2.06 bits per heavy atom. The van der Waals surface area contributed by atoms with Crippen LogP contribution < -0.4 is 5.73 Å². The molecule has 0 aliphatic carbocycles. The molecule has 1 rings (SSSR count). The summed E-state index contributed by atoms with van der Waals surface area (Å²) in [5.74, 6) is -5.13. The van der Waals surface area contributed by atoms with Crippen LogP contribution in [-0.4, -0.2) is 22.2 Å². The van der Waals surface area contributed by atoms with Crippen molar-refractivity contribution in [1.82, 2.24) is 0 Å². The maximum Gasteiger partial charge on any atom is 0.335 e. The number of halogens is 2. The molecular formula is C10H9F2NO4. The largest absolute Gasteiger partial charge is 0.481 e. The fourth-order valence-corrected chi connectivity index (χ4v) is 1.35. The molecule has 0 heterocycles. The zero-order valence-corrected chi connectivity index (χ0v) is 8.48. The third kappa shape index (κ3) is 2.97. The molecule has 92 valence electrons. The van der Waals surface area contributed by atoms with Crippen LogP contribution in [0.3, 0.4) is 0 Å². The number of hydrogen-bond donors (Lipinski definition) is 3. The van der Waals surface area contributed by atoms with Gasteiger partial charge >= 0.3 is 11.9 Å². The smallest absolute Gasteiger partial charge is 0.335 e. The zero-order valence-electron chi connectivity index (χ0n) is 8.48. The maximum atomic E-state index is 13.4. The van der Waals surface area contributed by atoms with E-state index >= 15 is 0 Å². The number of nitrogens with two attached hydrogens (primary N) is 1. The van der Waals surface area contributed by atoms with Crippen molar-refractivity contribution in [3.8, 4) is 0 Å². The monoisotopic (exact) mass is 245 g/mol. The molecule has 4 N–H and O–H groups in total. The molecule has 1 aromatic rings. The van der Waals surface area contributed by atoms with Gasteiger partial charge in [0, 0.05) is 11.6 Å². The summed E-state index contributed by atoms with van der Waals surface area (Å²) in [6.45, 7) is 0. The van der Waals surface area contributed by atoms with Crippen LogP contribution in [0.2, 0.25) is 0 Å². The fraction of sp³-hybridized carbons (Fsp3) is 0.200. The SMILES string of the molecule is NC(CC(=O)O)c1c(F)cc(C(=O)O)cc1F. The number of hydrogen-bond acceptors (Lipinski definition) is 3. The number of aromatic carboxylic acids is 1. The van der Waals surface area contributed by atoms with Crippen LogP contribution in [0.15, 0.2) is 12.1 Å². The lowest BCUT2D eigenvalue weighted by molar-refractivity contribution is -0.137. The predicted molar refractivity (Wildman–Crippen MR) is 52.5 cm³/mol. The fourth-order valence-electron chi connectivity index (χ4n) is 1.35. The summed E-state index contributed by atoms with van der Waals surface area (Å²) in [5.41, 5.74) is 4.12. The van der Waals surface area contributed by atoms with E-state index in [4.69, 9.17) is 15.9 Å². The quantitative estimate of drug-likeness (QED) is 0.738. The highest BCUT2D eigenvalue weighted by Crippen LogP contribution is 2.23. The van der Waals surface area contributed by atoms with Crippen LogP contribution in [-0.2, 0) is 4.79 Å². The lowest BCUT2D eigenvalue weighted by Gasteiger charge is -2.12. The minimum Gasteiger partial charge on any atom is -0.481 e. The minimum atomic E-state index is -1.49. The Balaban J connectivity index is 3.17. The van der Waals surface area contributed by atoms with E-state index in [1.807, 2.05) is 0 Å². The van der Waals surface area contributed by atoms with Gasteiger partial charge in [-0.1, -0.05) is 0 Å². The summed E-state index contributed by atoms with van der Waals surface area (Å²) in [4.78, 5) is 20.9. The van der Waals surface area contributed by atoms with Crippen molar-refractivity contribution < 1.29 is 28.6 Å². The first-order valence-corrected chi connectivity index (χ1v) is 4.52. The Kier molecular flexibility index (Phi) is 3.74. The van der Waals surface area contributed by atoms with E-state index in [1.165, 1.54) is 0 Å². The molecule has 5 nitrogen and oxygen atoms in total. The molecule has 0 spiro atoms. The second kappa shape index (κ2) is 4.88. The Bertz CT molecular complexity index is 452. The number of carboxylic acid groups (broad SMARTS) is 2. The standard InChI is InChI=1S/C10H9F2NO4/c11-5-1-4(10(16)17)2-6(12)9(5)7(13)3-8(14)15/h1-2,7H,3,13H2,(H,14,15)(H,16,17). The Morgan fingerprint density at radius 1 is 1.24 bits per heavy atom. The molecule has 0 amide bonds. The van der Waals surface area contributed by atoms with Crippen LogP contribution in [0.1, 0.15) is 28.4 Å². The van der Waals surface area contributed by atoms with E-state index in [2.05, 4.69) is 0 Å². The molecule has 17 heavy (non-hydrogen) atoms. The van der Waals surface area contributed by atoms with Crippen LogP contribution >= 0.6 is 0 Å². The van der Waals surface area contributed by atoms with E-state index in [0.29, 0.717) is 12.1 Å². The van der Waals surface area contributed by atoms with Gasteiger partial charge in [0.2, 0.25) is 0 Å². The molecule has 1 atom stereocenters. The molecule has 7 heteroatoms. The molecule has 1 unspecified atom stereocenters. The maximum absolute atomic E-state index is 13.4. The van der Waals surface area contributed by atoms with Gasteiger partial charge in [0.05, 0.1) is 12.0 Å². The average Bonchev–Trinajstić information content (AvgIpc) is 2.14. The summed E-state index contributed by atoms with van der Waals surface area (Å²) in [5, 5.41) is 17.0. The van der Waals surface area contributed by atoms with Crippen molar-refractivity contribution in [2.24, 2.45) is 5.73 Å². The zero-order chi connectivity index (χ0) is 13.2. The Hall–Kier alpha value is -2.02. The van der Waals surface area contributed by atoms with Crippen LogP contribution in [0, 0.1) is 11.6 Å². The number of carboxylic acids is 2. The topological polar surface area (TPSA) is 101 Å². The van der Waals surface area contributed by atoms with Gasteiger partial charge in [-0.2, -0.15) is 0 Å². The Labute approximate surface area is 94.5 Å². The van der Waals surface area contributed by atoms with Gasteiger partial charge in [-0.05, 0) is 12.1 Å². The van der Waals surface area contributed by atoms with Gasteiger partial charge in [-0.15, -0.1) is 0 Å². The highest BCUT2D eigenvalue weighted by Gasteiger charge is 2.21. The molecule has 0 saturated heterocycles. The average molecular weight is 245 g/mol. The first kappa shape index (κ1) is 13.0. The van der Waals surface area contributed by atoms with Gasteiger partial charge in [-0.25, -0.2) is 13.6 Å². The lowest BCUT2D eigenvalue weighted by Crippen LogP contribution is -2.18. The van der Waals surface area contributed by atoms with Crippen LogP contribution in [0.4, 0.5) is 8.78 Å². The molecule has 0 saturated carbocycles. The number of carbonyl (C=O) groups is 2. The van der Waals surface area contributed by atoms with Crippen molar-refractivity contribution in [3.05, 3.63) is 34.9 Å². The summed E-state index contributed by atoms with van der Waals surface area (Å²) >= 11 is 0. The van der Waals surface area contributed by atoms with Crippen molar-refractivity contribution >= 4 is 11.9 Å². The van der Waals surface area contributed by atoms with Gasteiger partial charge < -0.3 is 15.9 Å². The number of benzene rings is 1. The highest BCUT2D eigenvalue weighted by molar-refractivity contribution is 5.87. The first-order valence-electron chi connectivity index (χ1n) is 4.52. The molecular weight excluding hydrogens is 236 g/mol. The van der Waals surface area contributed by atoms with E-state index in [0.717, 1.165) is 0 Å². The second-order valence-electron chi connectivity index (χ2n) is 3.36. The van der Waals surface area contributed by atoms with Crippen molar-refractivity contribution in [2.75, 3.05) is 0 Å². The van der Waals surface area contributed by atoms with Crippen molar-refractivity contribution in [1.29, 1.82) is 0 Å². The number of rotatable bonds is 4. The highest BCUT2D eigenvalue weighted by atomic mass is 19.1. The molecule has 0 aromatic heterocycles. The predicted octanol–water partition coefficient (Wildman–Crippen LogP) is 1.14. The second-order valence-corrected chi connectivity index (χ2v) is 3.36. The molecule has 0 radical (unpaired) electrons. The van der Waals surface area contributed by atoms with Gasteiger partial charge in [0.15, 0.2) is 0 Å². The summed E-state index contributed by atoms with van der Waals surface area (Å²) in [6.07, 6.45) is -0.653. The summed E-state index contributed by atoms with van der Waals surface area (Å²) in [7, 11) is 0. The molecule has 0 bridgehead atoms. The van der Waals surface area contributed by atoms with E-state index < -0.39 is 47.2 Å². The third-order valence-corrected chi connectivity index (χ3v) is 2.09. The molecule has 0 aliphatic rings. The van der Waals surface area contributed by atoms with Gasteiger partial charge in [0.1, 0.15) is 11.6 Å². The van der Waals surface area contributed by atoms with Crippen molar-refractivity contribution in [2.45, 2.75) is 12.5 Å². The number of aliphatic carboxylic acids is 1. The van der Waals surface area contributed by atoms with Gasteiger partial charge in [-0.3, -0.25) is 4.79 Å². The normalized spacial score (nSPS) is 12.2. The minimum absolute atomic E-state index is 0.564. The van der Waals surface area contributed by atoms with E-state index in [-0.39, 0.29) is 0 Å². The van der Waals surface area contributed by atoms with E-state index in [9.17, 15) is 18.4 Å². The Morgan fingerprint density at radius 2 is 1.71 bits per heavy atom. The summed E-state index contributed by atoms with van der Waals surface area (Å²) in [6, 6.07) is -0.166. The van der Waals surface area contributed by atoms with Crippen molar-refractivity contribution in [3.63, 3.8) is 0 Å². The van der Waals surface area contributed by atoms with Crippen LogP contribution in [0.5, 0.6) is 0 Å². The van der Waals surface area contributed by atoms with E-state index in [1.54, 1.807) is 0 Å². The first-order chi connectivity index (χ1) is 7.82. The van der Waals surface area contributed by atoms with Gasteiger partial charge in [0.25, 0.3) is 0 Å². The third-order valence-electron chi connectivity index (χ3n) is 2.09. The van der Waals surface area contributed by atoms with Crippen LogP contribution in [0.25, 0.3) is 0 Å². The molecule has 1 aromatic carbocycles. The lowest BCUT2D eigenvalue weighted by atomic mass is 10.0. The molecule has 0 aliphatic heterocycles.